The smallest absolute Gasteiger partial charge is 0.339 e. The molecule has 2 aromatic carbocycles. The maximum absolute atomic E-state index is 12.2. The molecule has 11 nitrogen and oxygen atoms in total. The number of hydrogen-bond acceptors (Lipinski definition) is 7. The van der Waals surface area contributed by atoms with Crippen LogP contribution in [0, 0.1) is 17.0 Å². The Hall–Kier alpha value is -4.15. The topological polar surface area (TPSA) is 149 Å². The lowest BCUT2D eigenvalue weighted by molar-refractivity contribution is -0.386. The number of rotatable bonds is 6. The van der Waals surface area contributed by atoms with E-state index in [1.54, 1.807) is 25.1 Å². The van der Waals surface area contributed by atoms with Gasteiger partial charge in [-0.05, 0) is 37.6 Å². The number of carbonyl (C=O) groups is 3. The number of nitrogens with zero attached hydrogens (tertiary/aromatic N) is 1. The number of urea groups is 1. The molecule has 0 bridgehead atoms. The van der Waals surface area contributed by atoms with E-state index in [1.807, 2.05) is 0 Å². The molecule has 0 aliphatic rings. The van der Waals surface area contributed by atoms with Crippen LogP contribution in [0.1, 0.15) is 22.8 Å². The van der Waals surface area contributed by atoms with Crippen LogP contribution in [0.15, 0.2) is 42.5 Å². The zero-order valence-corrected chi connectivity index (χ0v) is 16.4. The van der Waals surface area contributed by atoms with Crippen molar-refractivity contribution in [1.82, 2.24) is 10.9 Å². The number of carbonyl (C=O) groups excluding carboxylic acids is 3. The van der Waals surface area contributed by atoms with Gasteiger partial charge < -0.3 is 14.8 Å². The minimum atomic E-state index is -1.14. The van der Waals surface area contributed by atoms with Crippen molar-refractivity contribution in [2.24, 2.45) is 0 Å². The molecule has 0 radical (unpaired) electrons. The molecule has 11 heteroatoms. The van der Waals surface area contributed by atoms with Crippen LogP contribution in [0.2, 0.25) is 0 Å². The van der Waals surface area contributed by atoms with Crippen molar-refractivity contribution in [2.75, 3.05) is 12.4 Å². The summed E-state index contributed by atoms with van der Waals surface area (Å²) in [6.45, 7) is 3.05. The minimum Gasteiger partial charge on any atom is -0.474 e. The second kappa shape index (κ2) is 9.87. The SMILES string of the molecule is COC(=O)c1ccccc1NC(=O)NNC(=O)[C@@H](C)Oc1ccc(C)cc1[N+](=O)[O-]. The number of ether oxygens (including phenoxy) is 2. The molecule has 3 N–H and O–H groups in total. The first kappa shape index (κ1) is 22.1. The second-order valence-corrected chi connectivity index (χ2v) is 6.09. The minimum absolute atomic E-state index is 0.0790. The largest absolute Gasteiger partial charge is 0.474 e. The molecular formula is C19H20N4O7. The van der Waals surface area contributed by atoms with E-state index in [1.165, 1.54) is 38.3 Å². The molecule has 0 saturated heterocycles. The molecule has 3 amide bonds. The van der Waals surface area contributed by atoms with E-state index in [2.05, 4.69) is 20.9 Å². The first-order chi connectivity index (χ1) is 14.2. The lowest BCUT2D eigenvalue weighted by atomic mass is 10.2. The molecule has 0 unspecified atom stereocenters. The van der Waals surface area contributed by atoms with Gasteiger partial charge in [0.05, 0.1) is 23.3 Å². The molecule has 0 aromatic heterocycles. The second-order valence-electron chi connectivity index (χ2n) is 6.09. The lowest BCUT2D eigenvalue weighted by Gasteiger charge is -2.16. The third-order valence-corrected chi connectivity index (χ3v) is 3.86. The van der Waals surface area contributed by atoms with Gasteiger partial charge in [0.2, 0.25) is 0 Å². The number of amides is 3. The first-order valence-electron chi connectivity index (χ1n) is 8.68. The number of nitro benzene ring substituents is 1. The molecule has 0 aliphatic heterocycles. The van der Waals surface area contributed by atoms with Crippen LogP contribution in [0.25, 0.3) is 0 Å². The first-order valence-corrected chi connectivity index (χ1v) is 8.68. The van der Waals surface area contributed by atoms with E-state index >= 15 is 0 Å². The van der Waals surface area contributed by atoms with Crippen molar-refractivity contribution >= 4 is 29.3 Å². The molecular weight excluding hydrogens is 396 g/mol. The summed E-state index contributed by atoms with van der Waals surface area (Å²) in [5.41, 5.74) is 4.94. The van der Waals surface area contributed by atoms with E-state index in [-0.39, 0.29) is 22.7 Å². The van der Waals surface area contributed by atoms with Gasteiger partial charge in [-0.1, -0.05) is 18.2 Å². The molecule has 0 fully saturated rings. The Labute approximate surface area is 171 Å². The van der Waals surface area contributed by atoms with E-state index in [0.29, 0.717) is 5.56 Å². The number of nitrogens with one attached hydrogen (secondary N) is 3. The Morgan fingerprint density at radius 2 is 1.80 bits per heavy atom. The fourth-order valence-corrected chi connectivity index (χ4v) is 2.37. The fourth-order valence-electron chi connectivity index (χ4n) is 2.37. The Bertz CT molecular complexity index is 977. The van der Waals surface area contributed by atoms with Crippen molar-refractivity contribution in [2.45, 2.75) is 20.0 Å². The number of esters is 1. The normalized spacial score (nSPS) is 11.0. The summed E-state index contributed by atoms with van der Waals surface area (Å²) in [5, 5.41) is 13.5. The van der Waals surface area contributed by atoms with Crippen molar-refractivity contribution in [3.8, 4) is 5.75 Å². The number of aryl methyl sites for hydroxylation is 1. The Balaban J connectivity index is 1.95. The van der Waals surface area contributed by atoms with Gasteiger partial charge in [0.15, 0.2) is 11.9 Å². The molecule has 1 atom stereocenters. The van der Waals surface area contributed by atoms with Crippen molar-refractivity contribution < 1.29 is 28.8 Å². The van der Waals surface area contributed by atoms with Gasteiger partial charge in [-0.15, -0.1) is 0 Å². The highest BCUT2D eigenvalue weighted by Gasteiger charge is 2.22. The monoisotopic (exact) mass is 416 g/mol. The zero-order valence-electron chi connectivity index (χ0n) is 16.4. The average Bonchev–Trinajstić information content (AvgIpc) is 2.72. The van der Waals surface area contributed by atoms with Gasteiger partial charge in [0, 0.05) is 6.07 Å². The van der Waals surface area contributed by atoms with Crippen molar-refractivity contribution in [3.05, 3.63) is 63.7 Å². The summed E-state index contributed by atoms with van der Waals surface area (Å²) in [4.78, 5) is 46.4. The summed E-state index contributed by atoms with van der Waals surface area (Å²) in [6.07, 6.45) is -1.14. The number of methoxy groups -OCH3 is 1. The number of hydrazine groups is 1. The molecule has 158 valence electrons. The quantitative estimate of drug-likeness (QED) is 0.372. The van der Waals surface area contributed by atoms with Gasteiger partial charge in [-0.25, -0.2) is 15.0 Å². The van der Waals surface area contributed by atoms with Gasteiger partial charge in [0.1, 0.15) is 0 Å². The molecule has 0 saturated carbocycles. The van der Waals surface area contributed by atoms with Crippen molar-refractivity contribution in [3.63, 3.8) is 0 Å². The number of benzene rings is 2. The Morgan fingerprint density at radius 1 is 1.10 bits per heavy atom. The van der Waals surface area contributed by atoms with Crippen LogP contribution in [0.4, 0.5) is 16.2 Å². The summed E-state index contributed by atoms with van der Waals surface area (Å²) in [5.74, 6) is -1.47. The van der Waals surface area contributed by atoms with Gasteiger partial charge in [0.25, 0.3) is 5.91 Å². The van der Waals surface area contributed by atoms with E-state index in [0.717, 1.165) is 0 Å². The molecule has 2 aromatic rings. The zero-order chi connectivity index (χ0) is 22.3. The summed E-state index contributed by atoms with van der Waals surface area (Å²) in [7, 11) is 1.21. The van der Waals surface area contributed by atoms with Crippen molar-refractivity contribution in [1.29, 1.82) is 0 Å². The van der Waals surface area contributed by atoms with E-state index in [9.17, 15) is 24.5 Å². The molecule has 2 rings (SSSR count). The van der Waals surface area contributed by atoms with Gasteiger partial charge >= 0.3 is 17.7 Å². The van der Waals surface area contributed by atoms with Crippen LogP contribution < -0.4 is 20.9 Å². The number of nitro groups is 1. The standard InChI is InChI=1S/C19H20N4O7/c1-11-8-9-16(15(10-11)23(27)28)30-12(2)17(24)21-22-19(26)20-14-7-5-4-6-13(14)18(25)29-3/h4-10,12H,1-3H3,(H,21,24)(H2,20,22,26)/t12-/m1/s1. The van der Waals surface area contributed by atoms with E-state index < -0.39 is 28.9 Å². The summed E-state index contributed by atoms with van der Waals surface area (Å²) >= 11 is 0. The van der Waals surface area contributed by atoms with Crippen LogP contribution in [0.5, 0.6) is 5.75 Å². The molecule has 0 aliphatic carbocycles. The predicted molar refractivity (Wildman–Crippen MR) is 106 cm³/mol. The number of para-hydroxylation sites is 1. The van der Waals surface area contributed by atoms with Gasteiger partial charge in [-0.3, -0.25) is 20.3 Å². The summed E-state index contributed by atoms with van der Waals surface area (Å²) < 4.78 is 9.99. The number of hydrogen-bond donors (Lipinski definition) is 3. The van der Waals surface area contributed by atoms with Crippen LogP contribution in [-0.4, -0.2) is 36.0 Å². The highest BCUT2D eigenvalue weighted by Crippen LogP contribution is 2.28. The average molecular weight is 416 g/mol. The van der Waals surface area contributed by atoms with Crippen LogP contribution in [0.3, 0.4) is 0 Å². The Kier molecular flexibility index (Phi) is 7.28. The maximum Gasteiger partial charge on any atom is 0.339 e. The molecule has 0 spiro atoms. The highest BCUT2D eigenvalue weighted by atomic mass is 16.6. The maximum atomic E-state index is 12.2. The lowest BCUT2D eigenvalue weighted by Crippen LogP contribution is -2.48. The molecule has 30 heavy (non-hydrogen) atoms. The third-order valence-electron chi connectivity index (χ3n) is 3.86. The fraction of sp³-hybridized carbons (Fsp3) is 0.211. The third kappa shape index (κ3) is 5.67. The summed E-state index contributed by atoms with van der Waals surface area (Å²) in [6, 6.07) is 9.64. The molecule has 0 heterocycles. The predicted octanol–water partition coefficient (Wildman–Crippen LogP) is 2.31. The van der Waals surface area contributed by atoms with E-state index in [4.69, 9.17) is 4.74 Å². The Morgan fingerprint density at radius 3 is 2.47 bits per heavy atom. The number of anilines is 1. The highest BCUT2D eigenvalue weighted by molar-refractivity contribution is 6.01. The van der Waals surface area contributed by atoms with Crippen LogP contribution >= 0.6 is 0 Å². The van der Waals surface area contributed by atoms with Crippen LogP contribution in [-0.2, 0) is 9.53 Å². The van der Waals surface area contributed by atoms with Gasteiger partial charge in [-0.2, -0.15) is 0 Å².